The van der Waals surface area contributed by atoms with E-state index in [9.17, 15) is 9.59 Å². The molecule has 3 N–H and O–H groups in total. The number of hydrogen-bond donors (Lipinski definition) is 2. The molecule has 0 bridgehead atoms. The first-order valence-electron chi connectivity index (χ1n) is 11.5. The van der Waals surface area contributed by atoms with E-state index in [1.165, 1.54) is 11.9 Å². The Labute approximate surface area is 199 Å². The first kappa shape index (κ1) is 23.7. The predicted molar refractivity (Wildman–Crippen MR) is 131 cm³/mol. The molecular formula is C26H31N5O3. The van der Waals surface area contributed by atoms with E-state index < -0.39 is 5.91 Å². The Morgan fingerprint density at radius 2 is 1.76 bits per heavy atom. The van der Waals surface area contributed by atoms with Crippen molar-refractivity contribution in [3.05, 3.63) is 82.3 Å². The van der Waals surface area contributed by atoms with Crippen molar-refractivity contribution in [3.63, 3.8) is 0 Å². The van der Waals surface area contributed by atoms with Crippen LogP contribution in [0.5, 0.6) is 0 Å². The molecule has 2 amide bonds. The van der Waals surface area contributed by atoms with Crippen molar-refractivity contribution in [1.29, 1.82) is 0 Å². The van der Waals surface area contributed by atoms with Gasteiger partial charge in [-0.2, -0.15) is 0 Å². The number of carbonyl (C=O) groups excluding carboxylic acids is 2. The largest absolute Gasteiger partial charge is 0.379 e. The number of rotatable bonds is 7. The highest BCUT2D eigenvalue weighted by Gasteiger charge is 2.24. The van der Waals surface area contributed by atoms with Gasteiger partial charge in [-0.15, -0.1) is 0 Å². The Kier molecular flexibility index (Phi) is 7.09. The lowest BCUT2D eigenvalue weighted by atomic mass is 9.93. The summed E-state index contributed by atoms with van der Waals surface area (Å²) >= 11 is 0. The fourth-order valence-electron chi connectivity index (χ4n) is 4.72. The molecule has 178 valence electrons. The van der Waals surface area contributed by atoms with Crippen molar-refractivity contribution >= 4 is 17.6 Å². The number of anilines is 1. The molecule has 2 heterocycles. The SMILES string of the molecule is Cc1cc(C(=O)Nc2ncn(Cc3ccccc3)c2C(N)=O)cc(C)c1C(C)N1CCOCC1. The molecule has 8 nitrogen and oxygen atoms in total. The second-order valence-electron chi connectivity index (χ2n) is 8.72. The van der Waals surface area contributed by atoms with Crippen LogP contribution in [0.2, 0.25) is 0 Å². The Morgan fingerprint density at radius 1 is 1.12 bits per heavy atom. The fraction of sp³-hybridized carbons (Fsp3) is 0.346. The predicted octanol–water partition coefficient (Wildman–Crippen LogP) is 3.29. The molecule has 1 aliphatic rings. The number of ether oxygens (including phenoxy) is 1. The van der Waals surface area contributed by atoms with Crippen molar-refractivity contribution in [3.8, 4) is 0 Å². The summed E-state index contributed by atoms with van der Waals surface area (Å²) in [6.45, 7) is 9.93. The van der Waals surface area contributed by atoms with Gasteiger partial charge in [-0.3, -0.25) is 14.5 Å². The Bertz CT molecular complexity index is 1160. The van der Waals surface area contributed by atoms with Crippen LogP contribution in [0.15, 0.2) is 48.8 Å². The van der Waals surface area contributed by atoms with E-state index >= 15 is 0 Å². The maximum Gasteiger partial charge on any atom is 0.269 e. The summed E-state index contributed by atoms with van der Waals surface area (Å²) in [7, 11) is 0. The molecule has 1 unspecified atom stereocenters. The lowest BCUT2D eigenvalue weighted by molar-refractivity contribution is 0.0196. The van der Waals surface area contributed by atoms with Gasteiger partial charge < -0.3 is 20.4 Å². The minimum absolute atomic E-state index is 0.162. The minimum Gasteiger partial charge on any atom is -0.379 e. The van der Waals surface area contributed by atoms with Crippen molar-refractivity contribution < 1.29 is 14.3 Å². The van der Waals surface area contributed by atoms with Gasteiger partial charge in [-0.1, -0.05) is 30.3 Å². The second-order valence-corrected chi connectivity index (χ2v) is 8.72. The summed E-state index contributed by atoms with van der Waals surface area (Å²) in [6, 6.07) is 13.7. The van der Waals surface area contributed by atoms with Crippen molar-refractivity contribution in [2.24, 2.45) is 5.73 Å². The zero-order valence-electron chi connectivity index (χ0n) is 19.9. The number of nitrogens with zero attached hydrogens (tertiary/aromatic N) is 3. The highest BCUT2D eigenvalue weighted by molar-refractivity contribution is 6.07. The van der Waals surface area contributed by atoms with E-state index in [4.69, 9.17) is 10.5 Å². The smallest absolute Gasteiger partial charge is 0.269 e. The summed E-state index contributed by atoms with van der Waals surface area (Å²) in [4.78, 5) is 32.0. The molecular weight excluding hydrogens is 430 g/mol. The Morgan fingerprint density at radius 3 is 2.38 bits per heavy atom. The summed E-state index contributed by atoms with van der Waals surface area (Å²) in [5, 5.41) is 2.78. The highest BCUT2D eigenvalue weighted by atomic mass is 16.5. The van der Waals surface area contributed by atoms with E-state index in [0.29, 0.717) is 12.1 Å². The van der Waals surface area contributed by atoms with Crippen molar-refractivity contribution in [1.82, 2.24) is 14.5 Å². The molecule has 1 aliphatic heterocycles. The molecule has 0 radical (unpaired) electrons. The molecule has 0 saturated carbocycles. The molecule has 0 aliphatic carbocycles. The molecule has 1 fully saturated rings. The van der Waals surface area contributed by atoms with Crippen LogP contribution in [0, 0.1) is 13.8 Å². The Hall–Kier alpha value is -3.49. The van der Waals surface area contributed by atoms with E-state index in [2.05, 4.69) is 22.1 Å². The molecule has 3 aromatic rings. The average molecular weight is 462 g/mol. The summed E-state index contributed by atoms with van der Waals surface area (Å²) < 4.78 is 7.13. The van der Waals surface area contributed by atoms with Gasteiger partial charge in [-0.25, -0.2) is 4.98 Å². The van der Waals surface area contributed by atoms with Crippen LogP contribution in [-0.2, 0) is 11.3 Å². The number of morpholine rings is 1. The first-order chi connectivity index (χ1) is 16.3. The molecule has 4 rings (SSSR count). The van der Waals surface area contributed by atoms with E-state index in [-0.39, 0.29) is 23.5 Å². The summed E-state index contributed by atoms with van der Waals surface area (Å²) in [5.74, 6) is -0.815. The number of benzene rings is 2. The van der Waals surface area contributed by atoms with Crippen LogP contribution in [0.3, 0.4) is 0 Å². The summed E-state index contributed by atoms with van der Waals surface area (Å²) in [6.07, 6.45) is 1.52. The van der Waals surface area contributed by atoms with Crippen LogP contribution in [0.1, 0.15) is 56.1 Å². The quantitative estimate of drug-likeness (QED) is 0.562. The fourth-order valence-corrected chi connectivity index (χ4v) is 4.72. The maximum atomic E-state index is 13.1. The molecule has 1 atom stereocenters. The number of amides is 2. The second kappa shape index (κ2) is 10.2. The van der Waals surface area contributed by atoms with Crippen LogP contribution in [0.4, 0.5) is 5.82 Å². The zero-order chi connectivity index (χ0) is 24.2. The monoisotopic (exact) mass is 461 g/mol. The van der Waals surface area contributed by atoms with Crippen LogP contribution in [-0.4, -0.2) is 52.6 Å². The lowest BCUT2D eigenvalue weighted by Gasteiger charge is -2.34. The van der Waals surface area contributed by atoms with E-state index in [0.717, 1.165) is 43.0 Å². The third-order valence-electron chi connectivity index (χ3n) is 6.37. The zero-order valence-corrected chi connectivity index (χ0v) is 19.9. The van der Waals surface area contributed by atoms with Crippen LogP contribution >= 0.6 is 0 Å². The van der Waals surface area contributed by atoms with Gasteiger partial charge in [0.05, 0.1) is 19.5 Å². The third kappa shape index (κ3) is 5.03. The van der Waals surface area contributed by atoms with Crippen LogP contribution < -0.4 is 11.1 Å². The number of carbonyl (C=O) groups is 2. The maximum absolute atomic E-state index is 13.1. The number of imidazole rings is 1. The van der Waals surface area contributed by atoms with Crippen molar-refractivity contribution in [2.45, 2.75) is 33.4 Å². The Balaban J connectivity index is 1.55. The minimum atomic E-state index is -0.647. The first-order valence-corrected chi connectivity index (χ1v) is 11.5. The van der Waals surface area contributed by atoms with Gasteiger partial charge in [-0.05, 0) is 55.2 Å². The number of aromatic nitrogens is 2. The standard InChI is InChI=1S/C26H31N5O3/c1-17-13-21(14-18(2)22(17)19(3)30-9-11-34-12-10-30)26(33)29-25-23(24(27)32)31(16-28-25)15-20-7-5-4-6-8-20/h4-8,13-14,16,19H,9-12,15H2,1-3H3,(H2,27,32)(H,29,33). The number of primary amides is 1. The lowest BCUT2D eigenvalue weighted by Crippen LogP contribution is -2.38. The number of aryl methyl sites for hydroxylation is 2. The molecule has 1 saturated heterocycles. The molecule has 34 heavy (non-hydrogen) atoms. The van der Waals surface area contributed by atoms with E-state index in [1.54, 1.807) is 4.57 Å². The van der Waals surface area contributed by atoms with Gasteiger partial charge in [0, 0.05) is 31.2 Å². The van der Waals surface area contributed by atoms with E-state index in [1.807, 2.05) is 56.3 Å². The molecule has 1 aromatic heterocycles. The van der Waals surface area contributed by atoms with Crippen LogP contribution in [0.25, 0.3) is 0 Å². The average Bonchev–Trinajstić information content (AvgIpc) is 3.21. The normalized spacial score (nSPS) is 15.1. The van der Waals surface area contributed by atoms with Crippen molar-refractivity contribution in [2.75, 3.05) is 31.6 Å². The topological polar surface area (TPSA) is 102 Å². The van der Waals surface area contributed by atoms with Gasteiger partial charge in [0.25, 0.3) is 11.8 Å². The third-order valence-corrected chi connectivity index (χ3v) is 6.37. The molecule has 8 heteroatoms. The number of nitrogens with two attached hydrogens (primary N) is 1. The van der Waals surface area contributed by atoms with Gasteiger partial charge >= 0.3 is 0 Å². The number of hydrogen-bond acceptors (Lipinski definition) is 5. The summed E-state index contributed by atoms with van der Waals surface area (Å²) in [5.41, 5.74) is 10.6. The number of nitrogens with one attached hydrogen (secondary N) is 1. The van der Waals surface area contributed by atoms with Gasteiger partial charge in [0.1, 0.15) is 0 Å². The molecule has 2 aromatic carbocycles. The molecule has 0 spiro atoms. The van der Waals surface area contributed by atoms with Gasteiger partial charge in [0.15, 0.2) is 11.5 Å². The highest BCUT2D eigenvalue weighted by Crippen LogP contribution is 2.29. The van der Waals surface area contributed by atoms with Gasteiger partial charge in [0.2, 0.25) is 0 Å².